The van der Waals surface area contributed by atoms with Crippen LogP contribution >= 0.6 is 11.3 Å². The lowest BCUT2D eigenvalue weighted by atomic mass is 10.1. The Bertz CT molecular complexity index is 2380. The predicted octanol–water partition coefficient (Wildman–Crippen LogP) is 10.1. The molecule has 9 aromatic rings. The molecule has 4 aromatic heterocycles. The van der Waals surface area contributed by atoms with Crippen LogP contribution in [0, 0.1) is 0 Å². The standard InChI is InChI=1S/C38H24N4S/c1-4-14-25(15-5-1)30-24-31(26-16-6-2-7-17-26)40-38(39-30)42-33-23-13-11-21-29(33)37-35(42)34-36(43-37)28-20-10-12-22-32(28)41(34)27-18-8-3-9-19-27/h1-24H. The number of nitrogens with zero attached hydrogens (tertiary/aromatic N) is 4. The lowest BCUT2D eigenvalue weighted by Crippen LogP contribution is -2.04. The molecule has 0 saturated carbocycles. The van der Waals surface area contributed by atoms with Crippen LogP contribution in [0.2, 0.25) is 0 Å². The van der Waals surface area contributed by atoms with Crippen molar-refractivity contribution in [2.75, 3.05) is 0 Å². The van der Waals surface area contributed by atoms with Crippen LogP contribution in [0.4, 0.5) is 0 Å². The Morgan fingerprint density at radius 1 is 0.442 bits per heavy atom. The van der Waals surface area contributed by atoms with Gasteiger partial charge in [-0.15, -0.1) is 11.3 Å². The van der Waals surface area contributed by atoms with Gasteiger partial charge in [0.05, 0.1) is 42.9 Å². The Kier molecular flexibility index (Phi) is 5.33. The number of benzene rings is 5. The van der Waals surface area contributed by atoms with Crippen molar-refractivity contribution in [3.63, 3.8) is 0 Å². The maximum Gasteiger partial charge on any atom is 0.235 e. The highest BCUT2D eigenvalue weighted by molar-refractivity contribution is 7.27. The summed E-state index contributed by atoms with van der Waals surface area (Å²) < 4.78 is 7.19. The first-order valence-corrected chi connectivity index (χ1v) is 15.2. The van der Waals surface area contributed by atoms with Crippen molar-refractivity contribution in [2.45, 2.75) is 0 Å². The van der Waals surface area contributed by atoms with Gasteiger partial charge in [0.1, 0.15) is 0 Å². The van der Waals surface area contributed by atoms with Crippen LogP contribution < -0.4 is 0 Å². The lowest BCUT2D eigenvalue weighted by molar-refractivity contribution is 0.995. The van der Waals surface area contributed by atoms with E-state index in [1.807, 2.05) is 23.5 Å². The van der Waals surface area contributed by atoms with Crippen molar-refractivity contribution in [1.29, 1.82) is 0 Å². The first-order valence-electron chi connectivity index (χ1n) is 14.4. The second kappa shape index (κ2) is 9.51. The van der Waals surface area contributed by atoms with E-state index >= 15 is 0 Å². The average molecular weight is 569 g/mol. The summed E-state index contributed by atoms with van der Waals surface area (Å²) in [5, 5.41) is 2.46. The van der Waals surface area contributed by atoms with Gasteiger partial charge in [-0.2, -0.15) is 0 Å². The van der Waals surface area contributed by atoms with Crippen molar-refractivity contribution < 1.29 is 0 Å². The summed E-state index contributed by atoms with van der Waals surface area (Å²) in [6.07, 6.45) is 0. The topological polar surface area (TPSA) is 35.6 Å². The molecule has 0 radical (unpaired) electrons. The van der Waals surface area contributed by atoms with Gasteiger partial charge in [-0.05, 0) is 30.3 Å². The van der Waals surface area contributed by atoms with Gasteiger partial charge in [0.15, 0.2) is 0 Å². The van der Waals surface area contributed by atoms with Gasteiger partial charge in [-0.1, -0.05) is 115 Å². The van der Waals surface area contributed by atoms with Gasteiger partial charge in [0.25, 0.3) is 0 Å². The summed E-state index contributed by atoms with van der Waals surface area (Å²) in [5.74, 6) is 0.663. The van der Waals surface area contributed by atoms with E-state index in [0.717, 1.165) is 39.2 Å². The molecule has 0 spiro atoms. The maximum atomic E-state index is 5.26. The molecule has 0 aliphatic carbocycles. The third kappa shape index (κ3) is 3.69. The highest BCUT2D eigenvalue weighted by atomic mass is 32.1. The van der Waals surface area contributed by atoms with Crippen molar-refractivity contribution in [3.8, 4) is 34.2 Å². The molecule has 4 heterocycles. The normalized spacial score (nSPS) is 11.7. The molecule has 0 saturated heterocycles. The lowest BCUT2D eigenvalue weighted by Gasteiger charge is -2.12. The molecule has 0 aliphatic heterocycles. The smallest absolute Gasteiger partial charge is 0.235 e. The molecule has 4 nitrogen and oxygen atoms in total. The molecule has 5 aromatic carbocycles. The first-order chi connectivity index (χ1) is 21.3. The first kappa shape index (κ1) is 24.1. The Hall–Kier alpha value is -5.52. The number of thiophene rings is 1. The summed E-state index contributed by atoms with van der Waals surface area (Å²) in [5.41, 5.74) is 9.64. The zero-order chi connectivity index (χ0) is 28.3. The van der Waals surface area contributed by atoms with Crippen molar-refractivity contribution in [2.24, 2.45) is 0 Å². The summed E-state index contributed by atoms with van der Waals surface area (Å²) >= 11 is 1.86. The van der Waals surface area contributed by atoms with Crippen LogP contribution in [-0.4, -0.2) is 19.1 Å². The van der Waals surface area contributed by atoms with Crippen molar-refractivity contribution >= 4 is 53.6 Å². The second-order valence-electron chi connectivity index (χ2n) is 10.7. The molecule has 0 N–H and O–H groups in total. The van der Waals surface area contributed by atoms with Crippen molar-refractivity contribution in [3.05, 3.63) is 146 Å². The van der Waals surface area contributed by atoms with Gasteiger partial charge in [-0.25, -0.2) is 9.97 Å². The summed E-state index contributed by atoms with van der Waals surface area (Å²) in [7, 11) is 0. The fraction of sp³-hybridized carbons (Fsp3) is 0. The third-order valence-electron chi connectivity index (χ3n) is 8.15. The summed E-state index contributed by atoms with van der Waals surface area (Å²) in [4.78, 5) is 10.5. The minimum Gasteiger partial charge on any atom is -0.306 e. The number of hydrogen-bond donors (Lipinski definition) is 0. The fourth-order valence-electron chi connectivity index (χ4n) is 6.26. The van der Waals surface area contributed by atoms with E-state index in [1.165, 1.54) is 31.2 Å². The monoisotopic (exact) mass is 568 g/mol. The molecular weight excluding hydrogens is 545 g/mol. The van der Waals surface area contributed by atoms with Gasteiger partial charge >= 0.3 is 0 Å². The SMILES string of the molecule is c1ccc(-c2cc(-c3ccccc3)nc(-n3c4ccccc4c4sc5c6ccccc6n(-c6ccccc6)c5c43)n2)cc1. The molecule has 0 bridgehead atoms. The van der Waals surface area contributed by atoms with E-state index in [2.05, 4.69) is 143 Å². The van der Waals surface area contributed by atoms with Crippen molar-refractivity contribution in [1.82, 2.24) is 19.1 Å². The van der Waals surface area contributed by atoms with Crippen LogP contribution in [-0.2, 0) is 0 Å². The van der Waals surface area contributed by atoms with Crippen LogP contribution in [0.15, 0.2) is 146 Å². The van der Waals surface area contributed by atoms with Crippen LogP contribution in [0.25, 0.3) is 76.4 Å². The van der Waals surface area contributed by atoms with Gasteiger partial charge < -0.3 is 4.57 Å². The second-order valence-corrected chi connectivity index (χ2v) is 11.7. The van der Waals surface area contributed by atoms with E-state index < -0.39 is 0 Å². The molecule has 0 fully saturated rings. The molecular formula is C38H24N4S. The molecule has 0 atom stereocenters. The summed E-state index contributed by atoms with van der Waals surface area (Å²) in [6.45, 7) is 0. The minimum absolute atomic E-state index is 0.663. The number of hydrogen-bond acceptors (Lipinski definition) is 3. The predicted molar refractivity (Wildman–Crippen MR) is 179 cm³/mol. The van der Waals surface area contributed by atoms with Gasteiger partial charge in [0, 0.05) is 27.6 Å². The average Bonchev–Trinajstić information content (AvgIpc) is 3.72. The number of aromatic nitrogens is 4. The van der Waals surface area contributed by atoms with E-state index in [4.69, 9.17) is 9.97 Å². The highest BCUT2D eigenvalue weighted by Crippen LogP contribution is 2.47. The molecule has 0 amide bonds. The molecule has 202 valence electrons. The number of fused-ring (bicyclic) bond motifs is 7. The van der Waals surface area contributed by atoms with E-state index in [1.54, 1.807) is 0 Å². The van der Waals surface area contributed by atoms with E-state index in [9.17, 15) is 0 Å². The van der Waals surface area contributed by atoms with Crippen LogP contribution in [0.3, 0.4) is 0 Å². The van der Waals surface area contributed by atoms with Crippen LogP contribution in [0.1, 0.15) is 0 Å². The van der Waals surface area contributed by atoms with Gasteiger partial charge in [0.2, 0.25) is 5.95 Å². The highest BCUT2D eigenvalue weighted by Gasteiger charge is 2.25. The molecule has 0 unspecified atom stereocenters. The zero-order valence-electron chi connectivity index (χ0n) is 23.1. The largest absolute Gasteiger partial charge is 0.306 e. The quantitative estimate of drug-likeness (QED) is 0.212. The Morgan fingerprint density at radius 2 is 0.884 bits per heavy atom. The van der Waals surface area contributed by atoms with E-state index in [-0.39, 0.29) is 0 Å². The molecule has 0 aliphatic rings. The Balaban J connectivity index is 1.46. The maximum absolute atomic E-state index is 5.26. The van der Waals surface area contributed by atoms with E-state index in [0.29, 0.717) is 5.95 Å². The third-order valence-corrected chi connectivity index (χ3v) is 9.39. The number of rotatable bonds is 4. The Labute approximate surface area is 251 Å². The van der Waals surface area contributed by atoms with Crippen LogP contribution in [0.5, 0.6) is 0 Å². The summed E-state index contributed by atoms with van der Waals surface area (Å²) in [6, 6.07) is 50.8. The Morgan fingerprint density at radius 3 is 1.44 bits per heavy atom. The zero-order valence-corrected chi connectivity index (χ0v) is 23.9. The van der Waals surface area contributed by atoms with Gasteiger partial charge in [-0.3, -0.25) is 4.57 Å². The fourth-order valence-corrected chi connectivity index (χ4v) is 7.60. The molecule has 9 rings (SSSR count). The number of para-hydroxylation sites is 3. The minimum atomic E-state index is 0.663. The molecule has 5 heteroatoms. The molecule has 43 heavy (non-hydrogen) atoms.